The summed E-state index contributed by atoms with van der Waals surface area (Å²) in [5, 5.41) is 4.18. The first kappa shape index (κ1) is 17.4. The van der Waals surface area contributed by atoms with Crippen LogP contribution in [0.2, 0.25) is 0 Å². The van der Waals surface area contributed by atoms with Crippen LogP contribution in [0.15, 0.2) is 22.6 Å². The van der Waals surface area contributed by atoms with E-state index in [-0.39, 0.29) is 12.5 Å². The van der Waals surface area contributed by atoms with E-state index in [0.29, 0.717) is 6.04 Å². The number of quaternary nitrogens is 1. The lowest BCUT2D eigenvalue weighted by Gasteiger charge is -2.20. The monoisotopic (exact) mass is 357 g/mol. The van der Waals surface area contributed by atoms with Crippen LogP contribution in [-0.4, -0.2) is 38.2 Å². The molecule has 1 aliphatic heterocycles. The Kier molecular flexibility index (Phi) is 5.16. The van der Waals surface area contributed by atoms with Gasteiger partial charge in [-0.1, -0.05) is 0 Å². The standard InChI is InChI=1S/C21H28N2O3/c1-2-23-11-5-6-15(23)13-22-21(24)14-25-16-9-10-20-18(12-16)17-7-3-4-8-19(17)26-20/h9-10,12,15H,2-8,11,13-14H2,1H3,(H,22,24)/p+1/t15-/m0/s1. The highest BCUT2D eigenvalue weighted by Gasteiger charge is 2.27. The zero-order valence-corrected chi connectivity index (χ0v) is 15.6. The number of ether oxygens (including phenoxy) is 1. The molecule has 4 rings (SSSR count). The Morgan fingerprint density at radius 1 is 1.31 bits per heavy atom. The number of fused-ring (bicyclic) bond motifs is 3. The van der Waals surface area contributed by atoms with E-state index in [9.17, 15) is 4.79 Å². The van der Waals surface area contributed by atoms with Crippen molar-refractivity contribution in [1.29, 1.82) is 0 Å². The van der Waals surface area contributed by atoms with Crippen LogP contribution >= 0.6 is 0 Å². The zero-order chi connectivity index (χ0) is 17.9. The molecule has 0 spiro atoms. The van der Waals surface area contributed by atoms with Crippen molar-refractivity contribution in [3.63, 3.8) is 0 Å². The first-order chi connectivity index (χ1) is 12.7. The van der Waals surface area contributed by atoms with E-state index in [1.54, 1.807) is 4.90 Å². The summed E-state index contributed by atoms with van der Waals surface area (Å²) in [6.45, 7) is 5.39. The predicted molar refractivity (Wildman–Crippen MR) is 101 cm³/mol. The van der Waals surface area contributed by atoms with Gasteiger partial charge in [0.25, 0.3) is 5.91 Å². The zero-order valence-electron chi connectivity index (χ0n) is 15.6. The van der Waals surface area contributed by atoms with Gasteiger partial charge in [0, 0.05) is 30.2 Å². The molecule has 1 saturated heterocycles. The quantitative estimate of drug-likeness (QED) is 0.830. The number of carbonyl (C=O) groups excluding carboxylic acids is 1. The van der Waals surface area contributed by atoms with Crippen LogP contribution in [0.3, 0.4) is 0 Å². The van der Waals surface area contributed by atoms with E-state index in [1.165, 1.54) is 37.8 Å². The predicted octanol–water partition coefficient (Wildman–Crippen LogP) is 1.87. The van der Waals surface area contributed by atoms with Gasteiger partial charge in [-0.05, 0) is 44.4 Å². The van der Waals surface area contributed by atoms with Crippen LogP contribution in [0.5, 0.6) is 5.75 Å². The number of carbonyl (C=O) groups is 1. The van der Waals surface area contributed by atoms with Crippen molar-refractivity contribution in [3.05, 3.63) is 29.5 Å². The normalized spacial score (nSPS) is 22.3. The van der Waals surface area contributed by atoms with Crippen molar-refractivity contribution in [1.82, 2.24) is 5.32 Å². The van der Waals surface area contributed by atoms with E-state index in [1.807, 2.05) is 18.2 Å². The number of furan rings is 1. The molecule has 2 heterocycles. The number of nitrogens with one attached hydrogen (secondary N) is 2. The van der Waals surface area contributed by atoms with Gasteiger partial charge in [-0.15, -0.1) is 0 Å². The summed E-state index contributed by atoms with van der Waals surface area (Å²) >= 11 is 0. The minimum atomic E-state index is -0.0401. The second kappa shape index (κ2) is 7.70. The highest BCUT2D eigenvalue weighted by atomic mass is 16.5. The maximum absolute atomic E-state index is 12.2. The molecule has 1 aliphatic carbocycles. The van der Waals surface area contributed by atoms with E-state index < -0.39 is 0 Å². The second-order valence-electron chi connectivity index (χ2n) is 7.56. The SMILES string of the molecule is CC[NH+]1CCC[C@H]1CNC(=O)COc1ccc2oc3c(c2c1)CCCC3. The van der Waals surface area contributed by atoms with Gasteiger partial charge in [-0.25, -0.2) is 0 Å². The van der Waals surface area contributed by atoms with Gasteiger partial charge in [0.15, 0.2) is 6.61 Å². The van der Waals surface area contributed by atoms with Crippen molar-refractivity contribution >= 4 is 16.9 Å². The third-order valence-electron chi connectivity index (χ3n) is 5.92. The van der Waals surface area contributed by atoms with Gasteiger partial charge in [-0.3, -0.25) is 4.79 Å². The fourth-order valence-corrected chi connectivity index (χ4v) is 4.46. The number of hydrogen-bond donors (Lipinski definition) is 2. The van der Waals surface area contributed by atoms with Crippen LogP contribution < -0.4 is 15.0 Å². The number of likely N-dealkylation sites (N-methyl/N-ethyl adjacent to an activating group) is 1. The molecule has 0 radical (unpaired) electrons. The average Bonchev–Trinajstić information content (AvgIpc) is 3.28. The van der Waals surface area contributed by atoms with Crippen LogP contribution in [0.1, 0.15) is 43.9 Å². The molecule has 2 N–H and O–H groups in total. The highest BCUT2D eigenvalue weighted by Crippen LogP contribution is 2.33. The van der Waals surface area contributed by atoms with Crippen molar-refractivity contribution in [2.24, 2.45) is 0 Å². The Hall–Kier alpha value is -2.01. The number of amides is 1. The van der Waals surface area contributed by atoms with Gasteiger partial charge >= 0.3 is 0 Å². The molecule has 0 saturated carbocycles. The second-order valence-corrected chi connectivity index (χ2v) is 7.56. The molecule has 1 unspecified atom stereocenters. The van der Waals surface area contributed by atoms with Gasteiger partial charge in [-0.2, -0.15) is 0 Å². The van der Waals surface area contributed by atoms with Crippen LogP contribution in [0, 0.1) is 0 Å². The van der Waals surface area contributed by atoms with E-state index in [4.69, 9.17) is 9.15 Å². The van der Waals surface area contributed by atoms with E-state index in [0.717, 1.165) is 48.4 Å². The fraction of sp³-hybridized carbons (Fsp3) is 0.571. The molecule has 1 fully saturated rings. The van der Waals surface area contributed by atoms with Gasteiger partial charge in [0.2, 0.25) is 0 Å². The summed E-state index contributed by atoms with van der Waals surface area (Å²) < 4.78 is 11.7. The molecule has 1 aromatic heterocycles. The summed E-state index contributed by atoms with van der Waals surface area (Å²) in [6, 6.07) is 6.43. The number of benzene rings is 1. The average molecular weight is 357 g/mol. The number of likely N-dealkylation sites (tertiary alicyclic amines) is 1. The number of rotatable bonds is 6. The van der Waals surface area contributed by atoms with Crippen LogP contribution in [-0.2, 0) is 17.6 Å². The minimum absolute atomic E-state index is 0.0401. The molecule has 2 aliphatic rings. The van der Waals surface area contributed by atoms with Crippen molar-refractivity contribution < 1.29 is 18.8 Å². The summed E-state index contributed by atoms with van der Waals surface area (Å²) in [7, 11) is 0. The molecule has 5 nitrogen and oxygen atoms in total. The largest absolute Gasteiger partial charge is 0.484 e. The molecular formula is C21H29N2O3+. The Balaban J connectivity index is 1.33. The molecule has 2 aromatic rings. The van der Waals surface area contributed by atoms with Crippen LogP contribution in [0.4, 0.5) is 0 Å². The molecule has 140 valence electrons. The maximum atomic E-state index is 12.2. The van der Waals surface area contributed by atoms with E-state index >= 15 is 0 Å². The first-order valence-corrected chi connectivity index (χ1v) is 10.0. The first-order valence-electron chi connectivity index (χ1n) is 10.0. The van der Waals surface area contributed by atoms with Gasteiger partial charge in [0.05, 0.1) is 19.6 Å². The molecular weight excluding hydrogens is 328 g/mol. The molecule has 5 heteroatoms. The highest BCUT2D eigenvalue weighted by molar-refractivity contribution is 5.84. The molecule has 26 heavy (non-hydrogen) atoms. The molecule has 1 aromatic carbocycles. The smallest absolute Gasteiger partial charge is 0.258 e. The fourth-order valence-electron chi connectivity index (χ4n) is 4.46. The van der Waals surface area contributed by atoms with Gasteiger partial charge < -0.3 is 19.4 Å². The lowest BCUT2D eigenvalue weighted by molar-refractivity contribution is -0.909. The summed E-state index contributed by atoms with van der Waals surface area (Å²) in [5.74, 6) is 1.82. The lowest BCUT2D eigenvalue weighted by atomic mass is 9.96. The summed E-state index contributed by atoms with van der Waals surface area (Å²) in [5.41, 5.74) is 2.25. The minimum Gasteiger partial charge on any atom is -0.484 e. The lowest BCUT2D eigenvalue weighted by Crippen LogP contribution is -3.14. The Labute approximate surface area is 154 Å². The van der Waals surface area contributed by atoms with E-state index in [2.05, 4.69) is 12.2 Å². The third-order valence-corrected chi connectivity index (χ3v) is 5.92. The Morgan fingerprint density at radius 3 is 3.08 bits per heavy atom. The Bertz CT molecular complexity index is 783. The summed E-state index contributed by atoms with van der Waals surface area (Å²) in [4.78, 5) is 13.7. The van der Waals surface area contributed by atoms with Crippen molar-refractivity contribution in [3.8, 4) is 5.75 Å². The number of aryl methyl sites for hydroxylation is 2. The Morgan fingerprint density at radius 2 is 2.19 bits per heavy atom. The number of hydrogen-bond acceptors (Lipinski definition) is 3. The van der Waals surface area contributed by atoms with Crippen molar-refractivity contribution in [2.75, 3.05) is 26.2 Å². The molecule has 2 atom stereocenters. The topological polar surface area (TPSA) is 55.9 Å². The van der Waals surface area contributed by atoms with Crippen molar-refractivity contribution in [2.45, 2.75) is 51.5 Å². The maximum Gasteiger partial charge on any atom is 0.258 e. The third kappa shape index (κ3) is 3.58. The van der Waals surface area contributed by atoms with Crippen LogP contribution in [0.25, 0.3) is 11.0 Å². The molecule has 1 amide bonds. The van der Waals surface area contributed by atoms with Gasteiger partial charge in [0.1, 0.15) is 23.1 Å². The summed E-state index contributed by atoms with van der Waals surface area (Å²) in [6.07, 6.45) is 6.98. The molecule has 0 bridgehead atoms.